The molecule has 0 bridgehead atoms. The number of rotatable bonds is 4. The Morgan fingerprint density at radius 2 is 1.42 bits per heavy atom. The van der Waals surface area contributed by atoms with Crippen LogP contribution in [0.1, 0.15) is 11.3 Å². The molecule has 3 aromatic carbocycles. The molecule has 0 aliphatic rings. The fourth-order valence-electron chi connectivity index (χ4n) is 3.09. The van der Waals surface area contributed by atoms with E-state index in [4.69, 9.17) is 22.4 Å². The zero-order valence-electron chi connectivity index (χ0n) is 14.1. The fourth-order valence-corrected chi connectivity index (χ4v) is 3.22. The minimum atomic E-state index is 0.629. The van der Waals surface area contributed by atoms with E-state index in [1.807, 2.05) is 60.7 Å². The lowest BCUT2D eigenvalue weighted by molar-refractivity contribution is 0.856. The highest BCUT2D eigenvalue weighted by molar-refractivity contribution is 6.30. The third kappa shape index (κ3) is 3.22. The fraction of sp³-hybridized carbons (Fsp3) is 0.0455. The van der Waals surface area contributed by atoms with Crippen LogP contribution in [0.2, 0.25) is 5.02 Å². The van der Waals surface area contributed by atoms with Crippen molar-refractivity contribution in [1.82, 2.24) is 9.78 Å². The molecule has 0 aliphatic carbocycles. The van der Waals surface area contributed by atoms with Crippen molar-refractivity contribution in [3.63, 3.8) is 0 Å². The molecule has 0 saturated heterocycles. The molecule has 128 valence electrons. The topological polar surface area (TPSA) is 43.8 Å². The first kappa shape index (κ1) is 16.4. The molecule has 4 aromatic rings. The van der Waals surface area contributed by atoms with Crippen LogP contribution in [0.4, 0.5) is 5.82 Å². The van der Waals surface area contributed by atoms with Crippen LogP contribution in [-0.2, 0) is 6.42 Å². The van der Waals surface area contributed by atoms with Gasteiger partial charge in [0.15, 0.2) is 0 Å². The molecule has 3 nitrogen and oxygen atoms in total. The van der Waals surface area contributed by atoms with Gasteiger partial charge in [-0.1, -0.05) is 72.3 Å². The molecule has 1 heterocycles. The molecular formula is C22H18ClN3. The first-order valence-corrected chi connectivity index (χ1v) is 8.83. The maximum Gasteiger partial charge on any atom is 0.135 e. The monoisotopic (exact) mass is 359 g/mol. The molecule has 0 atom stereocenters. The largest absolute Gasteiger partial charge is 0.383 e. The molecule has 26 heavy (non-hydrogen) atoms. The molecule has 0 spiro atoms. The van der Waals surface area contributed by atoms with Gasteiger partial charge in [-0.25, -0.2) is 4.68 Å². The van der Waals surface area contributed by atoms with Crippen molar-refractivity contribution >= 4 is 17.4 Å². The summed E-state index contributed by atoms with van der Waals surface area (Å²) >= 11 is 6.02. The van der Waals surface area contributed by atoms with Gasteiger partial charge < -0.3 is 5.73 Å². The van der Waals surface area contributed by atoms with E-state index in [-0.39, 0.29) is 0 Å². The number of aromatic nitrogens is 2. The number of nitrogens with two attached hydrogens (primary N) is 1. The van der Waals surface area contributed by atoms with Gasteiger partial charge in [-0.2, -0.15) is 5.10 Å². The van der Waals surface area contributed by atoms with Gasteiger partial charge in [-0.05, 0) is 35.4 Å². The summed E-state index contributed by atoms with van der Waals surface area (Å²) in [6.07, 6.45) is 0.718. The van der Waals surface area contributed by atoms with Gasteiger partial charge in [-0.3, -0.25) is 0 Å². The first-order valence-electron chi connectivity index (χ1n) is 8.45. The van der Waals surface area contributed by atoms with Crippen molar-refractivity contribution in [3.8, 4) is 16.8 Å². The second-order valence-electron chi connectivity index (χ2n) is 6.12. The van der Waals surface area contributed by atoms with Crippen molar-refractivity contribution < 1.29 is 0 Å². The number of benzene rings is 3. The third-order valence-corrected chi connectivity index (χ3v) is 4.59. The van der Waals surface area contributed by atoms with E-state index in [1.54, 1.807) is 4.68 Å². The highest BCUT2D eigenvalue weighted by Crippen LogP contribution is 2.33. The number of hydrogen-bond donors (Lipinski definition) is 1. The summed E-state index contributed by atoms with van der Waals surface area (Å²) in [6, 6.07) is 28.0. The van der Waals surface area contributed by atoms with Crippen molar-refractivity contribution in [2.45, 2.75) is 6.42 Å². The van der Waals surface area contributed by atoms with Crippen LogP contribution in [0.25, 0.3) is 16.8 Å². The minimum absolute atomic E-state index is 0.629. The minimum Gasteiger partial charge on any atom is -0.383 e. The van der Waals surface area contributed by atoms with Crippen LogP contribution >= 0.6 is 11.6 Å². The zero-order valence-corrected chi connectivity index (χ0v) is 14.9. The van der Waals surface area contributed by atoms with Crippen LogP contribution in [0, 0.1) is 0 Å². The van der Waals surface area contributed by atoms with E-state index >= 15 is 0 Å². The number of nitrogen functional groups attached to an aromatic ring is 1. The molecule has 0 fully saturated rings. The standard InChI is InChI=1S/C22H18ClN3/c23-18-11-13-19(14-12-18)26-22(24)21(17-9-5-2-6-10-17)20(25-26)15-16-7-3-1-4-8-16/h1-14H,15,24H2. The van der Waals surface area contributed by atoms with E-state index in [0.29, 0.717) is 10.8 Å². The summed E-state index contributed by atoms with van der Waals surface area (Å²) in [6.45, 7) is 0. The number of nitrogens with zero attached hydrogens (tertiary/aromatic N) is 2. The van der Waals surface area contributed by atoms with Gasteiger partial charge in [0.2, 0.25) is 0 Å². The third-order valence-electron chi connectivity index (χ3n) is 4.34. The Morgan fingerprint density at radius 1 is 0.808 bits per heavy atom. The van der Waals surface area contributed by atoms with Crippen LogP contribution in [0.15, 0.2) is 84.9 Å². The van der Waals surface area contributed by atoms with E-state index in [2.05, 4.69) is 24.3 Å². The molecule has 0 amide bonds. The first-order chi connectivity index (χ1) is 12.7. The summed E-state index contributed by atoms with van der Waals surface area (Å²) < 4.78 is 1.79. The quantitative estimate of drug-likeness (QED) is 0.532. The summed E-state index contributed by atoms with van der Waals surface area (Å²) in [5.74, 6) is 0.629. The van der Waals surface area contributed by atoms with E-state index in [0.717, 1.165) is 28.9 Å². The molecule has 0 saturated carbocycles. The van der Waals surface area contributed by atoms with Crippen molar-refractivity contribution in [2.24, 2.45) is 0 Å². The lowest BCUT2D eigenvalue weighted by atomic mass is 10.0. The Kier molecular flexibility index (Phi) is 4.46. The predicted molar refractivity (Wildman–Crippen MR) is 108 cm³/mol. The summed E-state index contributed by atoms with van der Waals surface area (Å²) in [5, 5.41) is 5.52. The average Bonchev–Trinajstić information content (AvgIpc) is 3.00. The van der Waals surface area contributed by atoms with Gasteiger partial charge in [-0.15, -0.1) is 0 Å². The number of anilines is 1. The molecule has 4 rings (SSSR count). The van der Waals surface area contributed by atoms with Crippen LogP contribution in [0.5, 0.6) is 0 Å². The molecule has 0 radical (unpaired) electrons. The van der Waals surface area contributed by atoms with Crippen molar-refractivity contribution in [1.29, 1.82) is 0 Å². The Balaban J connectivity index is 1.86. The van der Waals surface area contributed by atoms with Gasteiger partial charge in [0.1, 0.15) is 5.82 Å². The maximum atomic E-state index is 6.53. The Labute approximate surface area is 157 Å². The molecular weight excluding hydrogens is 342 g/mol. The van der Waals surface area contributed by atoms with Gasteiger partial charge >= 0.3 is 0 Å². The number of hydrogen-bond acceptors (Lipinski definition) is 2. The second-order valence-corrected chi connectivity index (χ2v) is 6.56. The van der Waals surface area contributed by atoms with Crippen LogP contribution < -0.4 is 5.73 Å². The Morgan fingerprint density at radius 3 is 2.08 bits per heavy atom. The summed E-state index contributed by atoms with van der Waals surface area (Å²) in [4.78, 5) is 0. The number of halogens is 1. The average molecular weight is 360 g/mol. The molecule has 0 aliphatic heterocycles. The SMILES string of the molecule is Nc1c(-c2ccccc2)c(Cc2ccccc2)nn1-c1ccc(Cl)cc1. The predicted octanol–water partition coefficient (Wildman–Crippen LogP) is 5.37. The van der Waals surface area contributed by atoms with Gasteiger partial charge in [0, 0.05) is 17.0 Å². The smallest absolute Gasteiger partial charge is 0.135 e. The van der Waals surface area contributed by atoms with Gasteiger partial charge in [0.25, 0.3) is 0 Å². The van der Waals surface area contributed by atoms with Crippen molar-refractivity contribution in [2.75, 3.05) is 5.73 Å². The van der Waals surface area contributed by atoms with Crippen molar-refractivity contribution in [3.05, 3.63) is 101 Å². The van der Waals surface area contributed by atoms with E-state index < -0.39 is 0 Å². The molecule has 4 heteroatoms. The second kappa shape index (κ2) is 7.06. The lowest BCUT2D eigenvalue weighted by Crippen LogP contribution is -2.02. The van der Waals surface area contributed by atoms with Gasteiger partial charge in [0.05, 0.1) is 11.4 Å². The van der Waals surface area contributed by atoms with E-state index in [9.17, 15) is 0 Å². The Bertz CT molecular complexity index is 1010. The molecule has 0 unspecified atom stereocenters. The normalized spacial score (nSPS) is 10.8. The zero-order chi connectivity index (χ0) is 17.9. The lowest BCUT2D eigenvalue weighted by Gasteiger charge is -2.06. The summed E-state index contributed by atoms with van der Waals surface area (Å²) in [5.41, 5.74) is 11.6. The highest BCUT2D eigenvalue weighted by atomic mass is 35.5. The maximum absolute atomic E-state index is 6.53. The Hall–Kier alpha value is -3.04. The van der Waals surface area contributed by atoms with Crippen LogP contribution in [-0.4, -0.2) is 9.78 Å². The van der Waals surface area contributed by atoms with Crippen LogP contribution in [0.3, 0.4) is 0 Å². The summed E-state index contributed by atoms with van der Waals surface area (Å²) in [7, 11) is 0. The van der Waals surface area contributed by atoms with E-state index in [1.165, 1.54) is 5.56 Å². The molecule has 1 aromatic heterocycles. The highest BCUT2D eigenvalue weighted by Gasteiger charge is 2.18. The molecule has 2 N–H and O–H groups in total.